The Kier molecular flexibility index (Phi) is 4.25. The lowest BCUT2D eigenvalue weighted by atomic mass is 9.94. The minimum Gasteiger partial charge on any atom is -0.337 e. The van der Waals surface area contributed by atoms with Gasteiger partial charge in [0.15, 0.2) is 5.69 Å². The van der Waals surface area contributed by atoms with Gasteiger partial charge in [-0.25, -0.2) is 9.97 Å². The number of amides is 1. The molecule has 128 valence electrons. The third kappa shape index (κ3) is 3.24. The molecular formula is C15H16F3N5O. The van der Waals surface area contributed by atoms with Gasteiger partial charge in [0.05, 0.1) is 0 Å². The molecule has 1 atom stereocenters. The quantitative estimate of drug-likeness (QED) is 0.842. The zero-order valence-corrected chi connectivity index (χ0v) is 13.0. The van der Waals surface area contributed by atoms with Crippen LogP contribution in [0.3, 0.4) is 0 Å². The molecule has 0 spiro atoms. The van der Waals surface area contributed by atoms with Crippen molar-refractivity contribution in [3.05, 3.63) is 41.7 Å². The Hall–Kier alpha value is -2.45. The molecule has 9 heteroatoms. The highest BCUT2D eigenvalue weighted by atomic mass is 19.4. The molecule has 24 heavy (non-hydrogen) atoms. The summed E-state index contributed by atoms with van der Waals surface area (Å²) in [6, 6.07) is 2.60. The molecular weight excluding hydrogens is 323 g/mol. The molecule has 1 aliphatic heterocycles. The van der Waals surface area contributed by atoms with Gasteiger partial charge < -0.3 is 4.90 Å². The molecule has 1 amide bonds. The second-order valence-electron chi connectivity index (χ2n) is 5.76. The molecule has 3 heterocycles. The van der Waals surface area contributed by atoms with Crippen molar-refractivity contribution in [2.75, 3.05) is 13.1 Å². The van der Waals surface area contributed by atoms with E-state index < -0.39 is 17.8 Å². The van der Waals surface area contributed by atoms with Crippen molar-refractivity contribution in [2.45, 2.75) is 24.9 Å². The van der Waals surface area contributed by atoms with Crippen molar-refractivity contribution in [1.29, 1.82) is 0 Å². The van der Waals surface area contributed by atoms with Crippen LogP contribution in [0.5, 0.6) is 0 Å². The zero-order chi connectivity index (χ0) is 17.3. The first-order valence-electron chi connectivity index (χ1n) is 7.52. The van der Waals surface area contributed by atoms with E-state index in [1.165, 1.54) is 13.4 Å². The maximum absolute atomic E-state index is 12.9. The molecule has 2 aromatic rings. The summed E-state index contributed by atoms with van der Waals surface area (Å²) in [6.07, 6.45) is 0.184. The standard InChI is InChI=1S/C15H16F3N5O/c1-22-13(15(16,17)18)7-12(21-22)14(24)23-6-2-3-10(8-23)11-4-5-19-9-20-11/h4-5,7,9-10H,2-3,6,8H2,1H3. The van der Waals surface area contributed by atoms with Gasteiger partial charge in [-0.2, -0.15) is 18.3 Å². The smallest absolute Gasteiger partial charge is 0.337 e. The Labute approximate surface area is 136 Å². The van der Waals surface area contributed by atoms with Crippen LogP contribution >= 0.6 is 0 Å². The summed E-state index contributed by atoms with van der Waals surface area (Å²) in [4.78, 5) is 22.1. The molecule has 1 fully saturated rings. The normalized spacial score (nSPS) is 18.7. The van der Waals surface area contributed by atoms with E-state index in [0.29, 0.717) is 17.8 Å². The topological polar surface area (TPSA) is 63.9 Å². The van der Waals surface area contributed by atoms with E-state index >= 15 is 0 Å². The van der Waals surface area contributed by atoms with E-state index in [1.807, 2.05) is 0 Å². The molecule has 0 radical (unpaired) electrons. The fourth-order valence-corrected chi connectivity index (χ4v) is 2.94. The fourth-order valence-electron chi connectivity index (χ4n) is 2.94. The minimum atomic E-state index is -4.54. The number of likely N-dealkylation sites (tertiary alicyclic amines) is 1. The maximum atomic E-state index is 12.9. The van der Waals surface area contributed by atoms with Crippen molar-refractivity contribution in [2.24, 2.45) is 7.05 Å². The van der Waals surface area contributed by atoms with Crippen LogP contribution in [-0.4, -0.2) is 43.6 Å². The third-order valence-corrected chi connectivity index (χ3v) is 4.12. The molecule has 1 saturated heterocycles. The number of nitrogens with zero attached hydrogens (tertiary/aromatic N) is 5. The van der Waals surface area contributed by atoms with E-state index in [4.69, 9.17) is 0 Å². The number of aryl methyl sites for hydroxylation is 1. The Morgan fingerprint density at radius 3 is 2.79 bits per heavy atom. The van der Waals surface area contributed by atoms with E-state index in [-0.39, 0.29) is 11.6 Å². The lowest BCUT2D eigenvalue weighted by molar-refractivity contribution is -0.143. The van der Waals surface area contributed by atoms with Crippen molar-refractivity contribution in [3.63, 3.8) is 0 Å². The van der Waals surface area contributed by atoms with E-state index in [9.17, 15) is 18.0 Å². The summed E-state index contributed by atoms with van der Waals surface area (Å²) in [5.74, 6) is -0.434. The monoisotopic (exact) mass is 339 g/mol. The third-order valence-electron chi connectivity index (χ3n) is 4.12. The Balaban J connectivity index is 1.78. The number of hydrogen-bond acceptors (Lipinski definition) is 4. The number of rotatable bonds is 2. The maximum Gasteiger partial charge on any atom is 0.433 e. The summed E-state index contributed by atoms with van der Waals surface area (Å²) in [5.41, 5.74) is -0.289. The number of halogens is 3. The lowest BCUT2D eigenvalue weighted by Gasteiger charge is -2.32. The summed E-state index contributed by atoms with van der Waals surface area (Å²) in [5, 5.41) is 3.73. The first kappa shape index (κ1) is 16.4. The highest BCUT2D eigenvalue weighted by Gasteiger charge is 2.36. The number of carbonyl (C=O) groups is 1. The van der Waals surface area contributed by atoms with Gasteiger partial charge in [-0.05, 0) is 18.9 Å². The number of alkyl halides is 3. The molecule has 1 unspecified atom stereocenters. The molecule has 0 saturated carbocycles. The van der Waals surface area contributed by atoms with E-state index in [0.717, 1.165) is 24.6 Å². The second kappa shape index (κ2) is 6.21. The van der Waals surface area contributed by atoms with Gasteiger partial charge in [0.1, 0.15) is 12.0 Å². The second-order valence-corrected chi connectivity index (χ2v) is 5.76. The van der Waals surface area contributed by atoms with Gasteiger partial charge in [-0.15, -0.1) is 0 Å². The van der Waals surface area contributed by atoms with E-state index in [1.54, 1.807) is 17.2 Å². The highest BCUT2D eigenvalue weighted by molar-refractivity contribution is 5.92. The van der Waals surface area contributed by atoms with Crippen LogP contribution in [0.15, 0.2) is 24.7 Å². The van der Waals surface area contributed by atoms with Crippen molar-refractivity contribution in [3.8, 4) is 0 Å². The average Bonchev–Trinajstić information content (AvgIpc) is 2.97. The van der Waals surface area contributed by atoms with Crippen LogP contribution in [0.25, 0.3) is 0 Å². The molecule has 6 nitrogen and oxygen atoms in total. The molecule has 0 N–H and O–H groups in total. The summed E-state index contributed by atoms with van der Waals surface area (Å²) in [7, 11) is 1.18. The summed E-state index contributed by atoms with van der Waals surface area (Å²) >= 11 is 0. The van der Waals surface area contributed by atoms with Crippen LogP contribution < -0.4 is 0 Å². The van der Waals surface area contributed by atoms with Crippen LogP contribution in [0.4, 0.5) is 13.2 Å². The summed E-state index contributed by atoms with van der Waals surface area (Å²) in [6.45, 7) is 0.909. The fraction of sp³-hybridized carbons (Fsp3) is 0.467. The number of hydrogen-bond donors (Lipinski definition) is 0. The molecule has 1 aliphatic rings. The van der Waals surface area contributed by atoms with Gasteiger partial charge in [0.2, 0.25) is 0 Å². The van der Waals surface area contributed by atoms with Gasteiger partial charge in [-0.3, -0.25) is 9.48 Å². The minimum absolute atomic E-state index is 0.0523. The predicted octanol–water partition coefficient (Wildman–Crippen LogP) is 2.25. The Morgan fingerprint density at radius 2 is 2.17 bits per heavy atom. The van der Waals surface area contributed by atoms with Gasteiger partial charge in [0, 0.05) is 44.0 Å². The molecule has 3 rings (SSSR count). The molecule has 2 aromatic heterocycles. The predicted molar refractivity (Wildman–Crippen MR) is 78.1 cm³/mol. The lowest BCUT2D eigenvalue weighted by Crippen LogP contribution is -2.39. The van der Waals surface area contributed by atoms with E-state index in [2.05, 4.69) is 15.1 Å². The largest absolute Gasteiger partial charge is 0.433 e. The Bertz CT molecular complexity index is 728. The van der Waals surface area contributed by atoms with Gasteiger partial charge >= 0.3 is 6.18 Å². The molecule has 0 bridgehead atoms. The SMILES string of the molecule is Cn1nc(C(=O)N2CCCC(c3ccncn3)C2)cc1C(F)(F)F. The van der Waals surface area contributed by atoms with Crippen molar-refractivity contribution < 1.29 is 18.0 Å². The van der Waals surface area contributed by atoms with Crippen LogP contribution in [-0.2, 0) is 13.2 Å². The average molecular weight is 339 g/mol. The molecule has 0 aromatic carbocycles. The number of carbonyl (C=O) groups excluding carboxylic acids is 1. The first-order chi connectivity index (χ1) is 11.4. The van der Waals surface area contributed by atoms with Crippen LogP contribution in [0.1, 0.15) is 40.6 Å². The summed E-state index contributed by atoms with van der Waals surface area (Å²) < 4.78 is 39.2. The van der Waals surface area contributed by atoms with Crippen molar-refractivity contribution in [1.82, 2.24) is 24.6 Å². The Morgan fingerprint density at radius 1 is 1.38 bits per heavy atom. The first-order valence-corrected chi connectivity index (χ1v) is 7.52. The highest BCUT2D eigenvalue weighted by Crippen LogP contribution is 2.30. The van der Waals surface area contributed by atoms with Gasteiger partial charge in [0.25, 0.3) is 5.91 Å². The van der Waals surface area contributed by atoms with Crippen molar-refractivity contribution >= 4 is 5.91 Å². The number of aromatic nitrogens is 4. The number of piperidine rings is 1. The van der Waals surface area contributed by atoms with Crippen LogP contribution in [0.2, 0.25) is 0 Å². The molecule has 0 aliphatic carbocycles. The van der Waals surface area contributed by atoms with Crippen LogP contribution in [0, 0.1) is 0 Å². The zero-order valence-electron chi connectivity index (χ0n) is 13.0. The van der Waals surface area contributed by atoms with Gasteiger partial charge in [-0.1, -0.05) is 0 Å².